The van der Waals surface area contributed by atoms with Gasteiger partial charge in [0.25, 0.3) is 11.8 Å². The van der Waals surface area contributed by atoms with Gasteiger partial charge in [-0.15, -0.1) is 0 Å². The molecule has 8 nitrogen and oxygen atoms in total. The molecule has 9 heteroatoms. The summed E-state index contributed by atoms with van der Waals surface area (Å²) in [5.41, 5.74) is 1.23. The molecule has 2 aromatic carbocycles. The van der Waals surface area contributed by atoms with Crippen LogP contribution in [-0.2, 0) is 6.54 Å². The minimum atomic E-state index is -0.100. The second-order valence-electron chi connectivity index (χ2n) is 7.13. The van der Waals surface area contributed by atoms with Crippen LogP contribution in [0, 0.1) is 0 Å². The van der Waals surface area contributed by atoms with Crippen molar-refractivity contribution >= 4 is 17.5 Å². The van der Waals surface area contributed by atoms with E-state index < -0.39 is 0 Å². The zero-order chi connectivity index (χ0) is 21.8. The van der Waals surface area contributed by atoms with E-state index in [1.165, 1.54) is 0 Å². The highest BCUT2D eigenvalue weighted by Crippen LogP contribution is 2.30. The molecule has 0 spiro atoms. The van der Waals surface area contributed by atoms with Crippen molar-refractivity contribution in [1.82, 2.24) is 19.9 Å². The Labute approximate surface area is 185 Å². The van der Waals surface area contributed by atoms with Crippen molar-refractivity contribution in [3.63, 3.8) is 0 Å². The van der Waals surface area contributed by atoms with Crippen LogP contribution in [0.2, 0.25) is 5.02 Å². The van der Waals surface area contributed by atoms with Gasteiger partial charge in [-0.05, 0) is 30.3 Å². The highest BCUT2D eigenvalue weighted by Gasteiger charge is 2.27. The third kappa shape index (κ3) is 4.65. The number of amides is 1. The van der Waals surface area contributed by atoms with Crippen molar-refractivity contribution in [1.29, 1.82) is 0 Å². The molecule has 2 heterocycles. The van der Waals surface area contributed by atoms with Crippen molar-refractivity contribution in [2.24, 2.45) is 0 Å². The first kappa shape index (κ1) is 21.1. The van der Waals surface area contributed by atoms with Crippen molar-refractivity contribution in [3.8, 4) is 23.0 Å². The van der Waals surface area contributed by atoms with Gasteiger partial charge in [-0.3, -0.25) is 9.69 Å². The van der Waals surface area contributed by atoms with Gasteiger partial charge >= 0.3 is 0 Å². The lowest BCUT2D eigenvalue weighted by atomic mass is 10.1. The summed E-state index contributed by atoms with van der Waals surface area (Å²) >= 11 is 6.03. The van der Waals surface area contributed by atoms with Crippen LogP contribution < -0.4 is 9.47 Å². The fourth-order valence-electron chi connectivity index (χ4n) is 3.59. The molecule has 0 atom stereocenters. The first-order valence-corrected chi connectivity index (χ1v) is 10.3. The molecule has 4 rings (SSSR count). The van der Waals surface area contributed by atoms with E-state index in [0.29, 0.717) is 66.5 Å². The summed E-state index contributed by atoms with van der Waals surface area (Å²) in [6, 6.07) is 12.6. The van der Waals surface area contributed by atoms with Gasteiger partial charge in [-0.2, -0.15) is 4.98 Å². The number of rotatable bonds is 6. The van der Waals surface area contributed by atoms with Crippen LogP contribution in [0.25, 0.3) is 11.5 Å². The van der Waals surface area contributed by atoms with Gasteiger partial charge < -0.3 is 18.9 Å². The summed E-state index contributed by atoms with van der Waals surface area (Å²) in [6.07, 6.45) is 0. The number of benzene rings is 2. The summed E-state index contributed by atoms with van der Waals surface area (Å²) in [7, 11) is 3.10. The Bertz CT molecular complexity index is 1040. The Morgan fingerprint density at radius 3 is 2.39 bits per heavy atom. The lowest BCUT2D eigenvalue weighted by Gasteiger charge is -2.34. The predicted octanol–water partition coefficient (Wildman–Crippen LogP) is 3.37. The highest BCUT2D eigenvalue weighted by atomic mass is 35.5. The van der Waals surface area contributed by atoms with E-state index in [1.807, 2.05) is 17.0 Å². The molecule has 0 unspecified atom stereocenters. The summed E-state index contributed by atoms with van der Waals surface area (Å²) in [5.74, 6) is 1.95. The third-order valence-electron chi connectivity index (χ3n) is 5.21. The van der Waals surface area contributed by atoms with Crippen LogP contribution in [0.3, 0.4) is 0 Å². The van der Waals surface area contributed by atoms with E-state index in [9.17, 15) is 4.79 Å². The van der Waals surface area contributed by atoms with Gasteiger partial charge in [0.15, 0.2) is 5.82 Å². The van der Waals surface area contributed by atoms with E-state index in [-0.39, 0.29) is 5.91 Å². The van der Waals surface area contributed by atoms with Crippen LogP contribution in [0.1, 0.15) is 16.2 Å². The number of carbonyl (C=O) groups excluding carboxylic acids is 1. The van der Waals surface area contributed by atoms with Gasteiger partial charge in [-0.25, -0.2) is 0 Å². The highest BCUT2D eigenvalue weighted by molar-refractivity contribution is 6.30. The number of hydrogen-bond donors (Lipinski definition) is 0. The lowest BCUT2D eigenvalue weighted by Crippen LogP contribution is -2.48. The lowest BCUT2D eigenvalue weighted by molar-refractivity contribution is 0.0618. The van der Waals surface area contributed by atoms with Crippen LogP contribution in [-0.4, -0.2) is 66.2 Å². The molecule has 0 radical (unpaired) electrons. The number of piperazine rings is 1. The van der Waals surface area contributed by atoms with Crippen LogP contribution in [0.4, 0.5) is 0 Å². The molecule has 0 aliphatic carbocycles. The van der Waals surface area contributed by atoms with Crippen LogP contribution in [0.5, 0.6) is 11.5 Å². The molecule has 31 heavy (non-hydrogen) atoms. The number of carbonyl (C=O) groups is 1. The third-order valence-corrected chi connectivity index (χ3v) is 5.44. The maximum atomic E-state index is 13.1. The first-order valence-electron chi connectivity index (χ1n) is 9.90. The van der Waals surface area contributed by atoms with E-state index in [2.05, 4.69) is 15.0 Å². The predicted molar refractivity (Wildman–Crippen MR) is 115 cm³/mol. The standard InChI is InChI=1S/C22H23ClN4O4/c1-29-17-7-4-8-18(30-2)20(17)22(28)27-11-9-26(10-12-27)14-19-24-21(31-25-19)15-5-3-6-16(23)13-15/h3-8,13H,9-12,14H2,1-2H3. The van der Waals surface area contributed by atoms with Gasteiger partial charge in [0.2, 0.25) is 0 Å². The van der Waals surface area contributed by atoms with E-state index in [0.717, 1.165) is 5.56 Å². The second-order valence-corrected chi connectivity index (χ2v) is 7.57. The maximum Gasteiger partial charge on any atom is 0.261 e. The maximum absolute atomic E-state index is 13.1. The van der Waals surface area contributed by atoms with Gasteiger partial charge in [0.1, 0.15) is 17.1 Å². The average molecular weight is 443 g/mol. The second kappa shape index (κ2) is 9.36. The normalized spacial score (nSPS) is 14.5. The largest absolute Gasteiger partial charge is 0.496 e. The Morgan fingerprint density at radius 1 is 1.06 bits per heavy atom. The fraction of sp³-hybridized carbons (Fsp3) is 0.318. The molecule has 1 amide bonds. The minimum Gasteiger partial charge on any atom is -0.496 e. The number of halogens is 1. The average Bonchev–Trinajstić information content (AvgIpc) is 3.27. The van der Waals surface area contributed by atoms with Gasteiger partial charge in [0, 0.05) is 36.8 Å². The van der Waals surface area contributed by atoms with Crippen molar-refractivity contribution in [2.75, 3.05) is 40.4 Å². The molecule has 0 N–H and O–H groups in total. The molecule has 1 aromatic heterocycles. The Morgan fingerprint density at radius 2 is 1.74 bits per heavy atom. The molecule has 1 saturated heterocycles. The van der Waals surface area contributed by atoms with E-state index >= 15 is 0 Å². The summed E-state index contributed by atoms with van der Waals surface area (Å²) in [4.78, 5) is 21.6. The van der Waals surface area contributed by atoms with Crippen molar-refractivity contribution in [2.45, 2.75) is 6.54 Å². The van der Waals surface area contributed by atoms with Crippen LogP contribution in [0.15, 0.2) is 47.0 Å². The molecular formula is C22H23ClN4O4. The molecular weight excluding hydrogens is 420 g/mol. The monoisotopic (exact) mass is 442 g/mol. The quantitative estimate of drug-likeness (QED) is 0.579. The topological polar surface area (TPSA) is 80.9 Å². The Hall–Kier alpha value is -3.10. The van der Waals surface area contributed by atoms with Gasteiger partial charge in [0.05, 0.1) is 20.8 Å². The minimum absolute atomic E-state index is 0.100. The van der Waals surface area contributed by atoms with E-state index in [1.54, 1.807) is 44.6 Å². The van der Waals surface area contributed by atoms with Crippen molar-refractivity contribution < 1.29 is 18.8 Å². The Kier molecular flexibility index (Phi) is 6.39. The zero-order valence-electron chi connectivity index (χ0n) is 17.4. The molecule has 162 valence electrons. The molecule has 1 aliphatic heterocycles. The number of hydrogen-bond acceptors (Lipinski definition) is 7. The summed E-state index contributed by atoms with van der Waals surface area (Å²) in [5, 5.41) is 4.69. The molecule has 1 fully saturated rings. The number of methoxy groups -OCH3 is 2. The van der Waals surface area contributed by atoms with Crippen molar-refractivity contribution in [3.05, 3.63) is 58.9 Å². The summed E-state index contributed by atoms with van der Waals surface area (Å²) in [6.45, 7) is 3.11. The Balaban J connectivity index is 1.38. The smallest absolute Gasteiger partial charge is 0.261 e. The molecule has 0 saturated carbocycles. The summed E-state index contributed by atoms with van der Waals surface area (Å²) < 4.78 is 16.1. The van der Waals surface area contributed by atoms with Gasteiger partial charge in [-0.1, -0.05) is 28.9 Å². The van der Waals surface area contributed by atoms with E-state index in [4.69, 9.17) is 25.6 Å². The molecule has 1 aliphatic rings. The fourth-order valence-corrected chi connectivity index (χ4v) is 3.78. The van der Waals surface area contributed by atoms with Crippen LogP contribution >= 0.6 is 11.6 Å². The SMILES string of the molecule is COc1cccc(OC)c1C(=O)N1CCN(Cc2noc(-c3cccc(Cl)c3)n2)CC1. The number of ether oxygens (including phenoxy) is 2. The number of nitrogens with zero attached hydrogens (tertiary/aromatic N) is 4. The zero-order valence-corrected chi connectivity index (χ0v) is 18.1. The first-order chi connectivity index (χ1) is 15.1. The molecule has 0 bridgehead atoms. The molecule has 3 aromatic rings. The number of aromatic nitrogens is 2.